The van der Waals surface area contributed by atoms with Gasteiger partial charge < -0.3 is 10.0 Å². The molecule has 1 unspecified atom stereocenters. The Bertz CT molecular complexity index is 275. The third kappa shape index (κ3) is 5.04. The van der Waals surface area contributed by atoms with Crippen molar-refractivity contribution in [3.05, 3.63) is 0 Å². The Balaban J connectivity index is 4.41. The average molecular weight is 258 g/mol. The smallest absolute Gasteiger partial charge is 0.323 e. The summed E-state index contributed by atoms with van der Waals surface area (Å²) in [5.41, 5.74) is -1.03. The second-order valence-corrected chi connectivity index (χ2v) is 4.73. The lowest BCUT2D eigenvalue weighted by Gasteiger charge is -2.27. The van der Waals surface area contributed by atoms with Crippen LogP contribution in [-0.2, 0) is 9.59 Å². The highest BCUT2D eigenvalue weighted by molar-refractivity contribution is 5.81. The molecule has 0 aromatic carbocycles. The van der Waals surface area contributed by atoms with Gasteiger partial charge >= 0.3 is 5.97 Å². The Kier molecular flexibility index (Phi) is 7.59. The van der Waals surface area contributed by atoms with Crippen molar-refractivity contribution in [1.29, 1.82) is 0 Å². The molecule has 18 heavy (non-hydrogen) atoms. The maximum atomic E-state index is 12.0. The molecule has 0 bridgehead atoms. The van der Waals surface area contributed by atoms with Crippen molar-refractivity contribution < 1.29 is 14.7 Å². The fourth-order valence-electron chi connectivity index (χ4n) is 1.64. The van der Waals surface area contributed by atoms with Gasteiger partial charge in [-0.25, -0.2) is 0 Å². The summed E-state index contributed by atoms with van der Waals surface area (Å²) in [5.74, 6) is -0.949. The minimum absolute atomic E-state index is 0.0281. The number of carbonyl (C=O) groups excluding carboxylic acids is 1. The molecule has 2 N–H and O–H groups in total. The number of hydrogen-bond donors (Lipinski definition) is 2. The predicted octanol–water partition coefficient (Wildman–Crippen LogP) is 1.48. The number of carboxylic acids is 1. The second-order valence-electron chi connectivity index (χ2n) is 4.73. The van der Waals surface area contributed by atoms with Gasteiger partial charge in [-0.3, -0.25) is 14.9 Å². The van der Waals surface area contributed by atoms with Gasteiger partial charge in [-0.15, -0.1) is 0 Å². The van der Waals surface area contributed by atoms with Crippen molar-refractivity contribution in [2.75, 3.05) is 19.6 Å². The van der Waals surface area contributed by atoms with E-state index in [-0.39, 0.29) is 12.5 Å². The zero-order valence-corrected chi connectivity index (χ0v) is 12.0. The molecule has 5 nitrogen and oxygen atoms in total. The van der Waals surface area contributed by atoms with E-state index in [1.807, 2.05) is 13.8 Å². The first-order chi connectivity index (χ1) is 8.41. The van der Waals surface area contributed by atoms with Gasteiger partial charge in [0.25, 0.3) is 0 Å². The van der Waals surface area contributed by atoms with Crippen molar-refractivity contribution in [2.45, 2.75) is 52.5 Å². The highest BCUT2D eigenvalue weighted by atomic mass is 16.4. The molecule has 0 spiro atoms. The number of amides is 1. The van der Waals surface area contributed by atoms with Crippen molar-refractivity contribution in [1.82, 2.24) is 10.2 Å². The Morgan fingerprint density at radius 3 is 2.00 bits per heavy atom. The molecule has 0 rings (SSSR count). The van der Waals surface area contributed by atoms with Crippen LogP contribution in [0.4, 0.5) is 0 Å². The second kappa shape index (κ2) is 8.08. The zero-order chi connectivity index (χ0) is 14.2. The van der Waals surface area contributed by atoms with E-state index in [1.54, 1.807) is 18.7 Å². The summed E-state index contributed by atoms with van der Waals surface area (Å²) in [6, 6.07) is 0. The van der Waals surface area contributed by atoms with E-state index < -0.39 is 11.5 Å². The lowest BCUT2D eigenvalue weighted by atomic mass is 9.99. The lowest BCUT2D eigenvalue weighted by molar-refractivity contribution is -0.144. The molecule has 5 heteroatoms. The molecule has 0 radical (unpaired) electrons. The maximum Gasteiger partial charge on any atom is 0.323 e. The van der Waals surface area contributed by atoms with Crippen molar-refractivity contribution in [3.8, 4) is 0 Å². The molecule has 0 saturated carbocycles. The quantitative estimate of drug-likeness (QED) is 0.657. The molecular weight excluding hydrogens is 232 g/mol. The first-order valence-corrected chi connectivity index (χ1v) is 6.67. The summed E-state index contributed by atoms with van der Waals surface area (Å²) in [6.07, 6.45) is 2.27. The Morgan fingerprint density at radius 1 is 1.17 bits per heavy atom. The van der Waals surface area contributed by atoms with E-state index >= 15 is 0 Å². The summed E-state index contributed by atoms with van der Waals surface area (Å²) in [6.45, 7) is 8.98. The van der Waals surface area contributed by atoms with Crippen molar-refractivity contribution in [3.63, 3.8) is 0 Å². The first kappa shape index (κ1) is 16.9. The summed E-state index contributed by atoms with van der Waals surface area (Å²) < 4.78 is 0. The van der Waals surface area contributed by atoms with Crippen LogP contribution in [0, 0.1) is 0 Å². The normalized spacial score (nSPS) is 14.0. The van der Waals surface area contributed by atoms with Crippen LogP contribution in [-0.4, -0.2) is 47.1 Å². The van der Waals surface area contributed by atoms with E-state index in [0.717, 1.165) is 25.9 Å². The largest absolute Gasteiger partial charge is 0.480 e. The molecule has 106 valence electrons. The van der Waals surface area contributed by atoms with Crippen molar-refractivity contribution in [2.24, 2.45) is 0 Å². The van der Waals surface area contributed by atoms with E-state index in [0.29, 0.717) is 6.42 Å². The van der Waals surface area contributed by atoms with Crippen LogP contribution in [0.2, 0.25) is 0 Å². The molecule has 0 aliphatic carbocycles. The average Bonchev–Trinajstić information content (AvgIpc) is 2.35. The number of nitrogens with zero attached hydrogens (tertiary/aromatic N) is 1. The van der Waals surface area contributed by atoms with Crippen LogP contribution in [0.25, 0.3) is 0 Å². The molecule has 1 atom stereocenters. The number of aliphatic carboxylic acids is 1. The van der Waals surface area contributed by atoms with Crippen LogP contribution in [0.3, 0.4) is 0 Å². The molecule has 0 aliphatic heterocycles. The van der Waals surface area contributed by atoms with Gasteiger partial charge in [-0.05, 0) is 26.2 Å². The summed E-state index contributed by atoms with van der Waals surface area (Å²) in [4.78, 5) is 24.9. The monoisotopic (exact) mass is 258 g/mol. The number of hydrogen-bond acceptors (Lipinski definition) is 3. The van der Waals surface area contributed by atoms with Crippen molar-refractivity contribution >= 4 is 11.9 Å². The number of rotatable bonds is 9. The fourth-order valence-corrected chi connectivity index (χ4v) is 1.64. The Hall–Kier alpha value is -1.10. The van der Waals surface area contributed by atoms with Gasteiger partial charge in [0.05, 0.1) is 6.54 Å². The van der Waals surface area contributed by atoms with Crippen LogP contribution in [0.1, 0.15) is 47.0 Å². The Labute approximate surface area is 110 Å². The van der Waals surface area contributed by atoms with E-state index in [2.05, 4.69) is 5.32 Å². The Morgan fingerprint density at radius 2 is 1.67 bits per heavy atom. The van der Waals surface area contributed by atoms with Crippen LogP contribution >= 0.6 is 0 Å². The predicted molar refractivity (Wildman–Crippen MR) is 71.5 cm³/mol. The van der Waals surface area contributed by atoms with Crippen LogP contribution in [0.15, 0.2) is 0 Å². The summed E-state index contributed by atoms with van der Waals surface area (Å²) in [7, 11) is 0. The molecular formula is C13H26N2O3. The third-order valence-corrected chi connectivity index (χ3v) is 3.15. The zero-order valence-electron chi connectivity index (χ0n) is 12.0. The molecule has 0 aromatic rings. The first-order valence-electron chi connectivity index (χ1n) is 6.67. The topological polar surface area (TPSA) is 69.6 Å². The number of nitrogens with one attached hydrogen (secondary N) is 1. The highest BCUT2D eigenvalue weighted by Gasteiger charge is 2.31. The molecule has 0 saturated heterocycles. The summed E-state index contributed by atoms with van der Waals surface area (Å²) in [5, 5.41) is 12.0. The standard InChI is InChI=1S/C13H26N2O3/c1-5-8-15(9-6-2)11(16)10-14-13(4,7-3)12(17)18/h14H,5-10H2,1-4H3,(H,17,18). The van der Waals surface area contributed by atoms with Crippen LogP contribution in [0.5, 0.6) is 0 Å². The summed E-state index contributed by atoms with van der Waals surface area (Å²) >= 11 is 0. The van der Waals surface area contributed by atoms with Gasteiger partial charge in [0.2, 0.25) is 5.91 Å². The van der Waals surface area contributed by atoms with Gasteiger partial charge in [-0.1, -0.05) is 20.8 Å². The SMILES string of the molecule is CCCN(CCC)C(=O)CNC(C)(CC)C(=O)O. The number of carboxylic acid groups (broad SMARTS) is 1. The fraction of sp³-hybridized carbons (Fsp3) is 0.846. The molecule has 0 aliphatic rings. The van der Waals surface area contributed by atoms with Gasteiger partial charge in [0, 0.05) is 13.1 Å². The molecule has 1 amide bonds. The third-order valence-electron chi connectivity index (χ3n) is 3.15. The van der Waals surface area contributed by atoms with Gasteiger partial charge in [-0.2, -0.15) is 0 Å². The van der Waals surface area contributed by atoms with Gasteiger partial charge in [0.15, 0.2) is 0 Å². The molecule has 0 fully saturated rings. The molecule has 0 heterocycles. The van der Waals surface area contributed by atoms with E-state index in [9.17, 15) is 9.59 Å². The maximum absolute atomic E-state index is 12.0. The van der Waals surface area contributed by atoms with Gasteiger partial charge in [0.1, 0.15) is 5.54 Å². The van der Waals surface area contributed by atoms with E-state index in [1.165, 1.54) is 0 Å². The lowest BCUT2D eigenvalue weighted by Crippen LogP contribution is -2.52. The molecule has 0 aromatic heterocycles. The van der Waals surface area contributed by atoms with E-state index in [4.69, 9.17) is 5.11 Å². The minimum Gasteiger partial charge on any atom is -0.480 e. The van der Waals surface area contributed by atoms with Crippen LogP contribution < -0.4 is 5.32 Å². The minimum atomic E-state index is -1.03. The number of carbonyl (C=O) groups is 2. The highest BCUT2D eigenvalue weighted by Crippen LogP contribution is 2.09.